The maximum atomic E-state index is 5.91. The minimum atomic E-state index is 0. The molecular formula is C18H27ClIN3O. The van der Waals surface area contributed by atoms with Gasteiger partial charge < -0.3 is 15.4 Å². The van der Waals surface area contributed by atoms with E-state index in [1.807, 2.05) is 19.2 Å². The molecule has 1 aromatic carbocycles. The number of guanidine groups is 1. The lowest BCUT2D eigenvalue weighted by Gasteiger charge is -2.54. The summed E-state index contributed by atoms with van der Waals surface area (Å²) in [4.78, 5) is 4.37. The second-order valence-corrected chi connectivity index (χ2v) is 7.50. The number of aliphatic imine (C=N–C) groups is 1. The molecule has 1 heterocycles. The molecule has 2 aliphatic rings. The number of fused-ring (bicyclic) bond motifs is 1. The summed E-state index contributed by atoms with van der Waals surface area (Å²) in [6.07, 6.45) is 2.49. The maximum Gasteiger partial charge on any atom is 0.191 e. The van der Waals surface area contributed by atoms with Gasteiger partial charge in [-0.2, -0.15) is 0 Å². The molecule has 1 aromatic rings. The van der Waals surface area contributed by atoms with Gasteiger partial charge in [-0.05, 0) is 30.5 Å². The number of rotatable bonds is 4. The molecule has 1 aliphatic carbocycles. The average molecular weight is 464 g/mol. The van der Waals surface area contributed by atoms with Crippen molar-refractivity contribution in [3.05, 3.63) is 34.9 Å². The molecule has 4 nitrogen and oxygen atoms in total. The Kier molecular flexibility index (Phi) is 6.79. The summed E-state index contributed by atoms with van der Waals surface area (Å²) >= 11 is 5.91. The molecule has 1 aliphatic heterocycles. The van der Waals surface area contributed by atoms with Gasteiger partial charge in [-0.15, -0.1) is 24.0 Å². The van der Waals surface area contributed by atoms with Crippen LogP contribution in [0.4, 0.5) is 0 Å². The Morgan fingerprint density at radius 3 is 2.71 bits per heavy atom. The molecule has 0 radical (unpaired) electrons. The molecule has 1 saturated carbocycles. The minimum absolute atomic E-state index is 0. The molecule has 3 rings (SSSR count). The van der Waals surface area contributed by atoms with Gasteiger partial charge in [0.25, 0.3) is 0 Å². The number of hydrogen-bond acceptors (Lipinski definition) is 2. The summed E-state index contributed by atoms with van der Waals surface area (Å²) in [7, 11) is 1.83. The van der Waals surface area contributed by atoms with Crippen molar-refractivity contribution in [1.82, 2.24) is 10.6 Å². The van der Waals surface area contributed by atoms with Crippen molar-refractivity contribution in [3.63, 3.8) is 0 Å². The lowest BCUT2D eigenvalue weighted by molar-refractivity contribution is -0.106. The second kappa shape index (κ2) is 8.23. The van der Waals surface area contributed by atoms with Gasteiger partial charge in [0.05, 0.1) is 6.10 Å². The minimum Gasteiger partial charge on any atom is -0.377 e. The molecule has 24 heavy (non-hydrogen) atoms. The highest BCUT2D eigenvalue weighted by molar-refractivity contribution is 14.0. The van der Waals surface area contributed by atoms with Crippen LogP contribution in [0.25, 0.3) is 0 Å². The molecule has 0 bridgehead atoms. The zero-order chi connectivity index (χ0) is 16.4. The van der Waals surface area contributed by atoms with Crippen LogP contribution in [-0.4, -0.2) is 38.3 Å². The third kappa shape index (κ3) is 3.99. The van der Waals surface area contributed by atoms with Crippen molar-refractivity contribution >= 4 is 41.5 Å². The molecule has 2 fully saturated rings. The summed E-state index contributed by atoms with van der Waals surface area (Å²) < 4.78 is 5.85. The van der Waals surface area contributed by atoms with Gasteiger partial charge in [-0.1, -0.05) is 37.6 Å². The van der Waals surface area contributed by atoms with Crippen molar-refractivity contribution in [2.75, 3.05) is 20.2 Å². The van der Waals surface area contributed by atoms with Gasteiger partial charge in [-0.25, -0.2) is 0 Å². The number of hydrogen-bond donors (Lipinski definition) is 2. The molecule has 134 valence electrons. The lowest BCUT2D eigenvalue weighted by Crippen LogP contribution is -2.68. The van der Waals surface area contributed by atoms with E-state index in [-0.39, 0.29) is 29.4 Å². The van der Waals surface area contributed by atoms with Crippen LogP contribution in [0, 0.1) is 11.3 Å². The van der Waals surface area contributed by atoms with E-state index in [1.165, 1.54) is 5.56 Å². The van der Waals surface area contributed by atoms with Crippen LogP contribution in [0.2, 0.25) is 5.02 Å². The van der Waals surface area contributed by atoms with E-state index in [9.17, 15) is 0 Å². The Morgan fingerprint density at radius 1 is 1.33 bits per heavy atom. The SMILES string of the molecule is CN=C(NCCc1ccc(Cl)cc1)NC1C2CCOC2C1(C)C.I. The third-order valence-electron chi connectivity index (χ3n) is 5.24. The van der Waals surface area contributed by atoms with Crippen LogP contribution in [0.3, 0.4) is 0 Å². The predicted octanol–water partition coefficient (Wildman–Crippen LogP) is 3.48. The molecule has 0 spiro atoms. The van der Waals surface area contributed by atoms with Crippen molar-refractivity contribution in [3.8, 4) is 0 Å². The molecule has 2 N–H and O–H groups in total. The number of nitrogens with one attached hydrogen (secondary N) is 2. The molecule has 0 amide bonds. The zero-order valence-corrected chi connectivity index (χ0v) is 17.6. The summed E-state index contributed by atoms with van der Waals surface area (Å²) in [5.74, 6) is 1.49. The number of nitrogens with zero attached hydrogens (tertiary/aromatic N) is 1. The van der Waals surface area contributed by atoms with E-state index in [0.29, 0.717) is 18.1 Å². The van der Waals surface area contributed by atoms with Gasteiger partial charge in [0, 0.05) is 42.6 Å². The Bertz CT molecular complexity index is 576. The van der Waals surface area contributed by atoms with Crippen LogP contribution < -0.4 is 10.6 Å². The van der Waals surface area contributed by atoms with Gasteiger partial charge in [0.2, 0.25) is 0 Å². The normalized spacial score (nSPS) is 27.7. The van der Waals surface area contributed by atoms with Crippen LogP contribution in [0.1, 0.15) is 25.8 Å². The number of ether oxygens (including phenoxy) is 1. The summed E-state index contributed by atoms with van der Waals surface area (Å²) in [5, 5.41) is 7.79. The number of benzene rings is 1. The molecule has 6 heteroatoms. The van der Waals surface area contributed by atoms with E-state index in [1.54, 1.807) is 0 Å². The number of halogens is 2. The Morgan fingerprint density at radius 2 is 2.04 bits per heavy atom. The first-order valence-electron chi connectivity index (χ1n) is 8.35. The first-order chi connectivity index (χ1) is 11.0. The summed E-state index contributed by atoms with van der Waals surface area (Å²) in [6.45, 7) is 6.29. The van der Waals surface area contributed by atoms with Crippen molar-refractivity contribution < 1.29 is 4.74 Å². The van der Waals surface area contributed by atoms with E-state index >= 15 is 0 Å². The van der Waals surface area contributed by atoms with E-state index in [0.717, 1.165) is 37.0 Å². The van der Waals surface area contributed by atoms with Crippen LogP contribution in [0.5, 0.6) is 0 Å². The first kappa shape index (κ1) is 19.8. The predicted molar refractivity (Wildman–Crippen MR) is 110 cm³/mol. The molecule has 3 unspecified atom stereocenters. The van der Waals surface area contributed by atoms with E-state index in [4.69, 9.17) is 16.3 Å². The molecular weight excluding hydrogens is 437 g/mol. The topological polar surface area (TPSA) is 45.7 Å². The van der Waals surface area contributed by atoms with Crippen LogP contribution >= 0.6 is 35.6 Å². The fourth-order valence-corrected chi connectivity index (χ4v) is 4.06. The Balaban J connectivity index is 0.00000208. The summed E-state index contributed by atoms with van der Waals surface area (Å²) in [6, 6.07) is 8.42. The Hall–Kier alpha value is -0.530. The fourth-order valence-electron chi connectivity index (χ4n) is 3.94. The van der Waals surface area contributed by atoms with Crippen LogP contribution in [0.15, 0.2) is 29.3 Å². The van der Waals surface area contributed by atoms with E-state index in [2.05, 4.69) is 41.6 Å². The second-order valence-electron chi connectivity index (χ2n) is 7.06. The monoisotopic (exact) mass is 463 g/mol. The summed E-state index contributed by atoms with van der Waals surface area (Å²) in [5.41, 5.74) is 1.43. The highest BCUT2D eigenvalue weighted by atomic mass is 127. The highest BCUT2D eigenvalue weighted by Gasteiger charge is 2.59. The highest BCUT2D eigenvalue weighted by Crippen LogP contribution is 2.52. The Labute approximate surface area is 166 Å². The fraction of sp³-hybridized carbons (Fsp3) is 0.611. The average Bonchev–Trinajstić information content (AvgIpc) is 2.99. The van der Waals surface area contributed by atoms with Crippen LogP contribution in [-0.2, 0) is 11.2 Å². The maximum absolute atomic E-state index is 5.91. The van der Waals surface area contributed by atoms with Crippen molar-refractivity contribution in [2.24, 2.45) is 16.3 Å². The molecule has 0 aromatic heterocycles. The third-order valence-corrected chi connectivity index (χ3v) is 5.49. The van der Waals surface area contributed by atoms with Crippen molar-refractivity contribution in [1.29, 1.82) is 0 Å². The van der Waals surface area contributed by atoms with Crippen molar-refractivity contribution in [2.45, 2.75) is 38.8 Å². The van der Waals surface area contributed by atoms with Gasteiger partial charge in [0.1, 0.15) is 0 Å². The molecule has 3 atom stereocenters. The molecule has 1 saturated heterocycles. The standard InChI is InChI=1S/C18H26ClN3O.HI/c1-18(2)15(14-9-11-23-16(14)18)22-17(20-3)21-10-8-12-4-6-13(19)7-5-12;/h4-7,14-16H,8-11H2,1-3H3,(H2,20,21,22);1H. The smallest absolute Gasteiger partial charge is 0.191 e. The van der Waals surface area contributed by atoms with Gasteiger partial charge in [-0.3, -0.25) is 4.99 Å². The van der Waals surface area contributed by atoms with Gasteiger partial charge >= 0.3 is 0 Å². The quantitative estimate of drug-likeness (QED) is 0.408. The zero-order valence-electron chi connectivity index (χ0n) is 14.5. The lowest BCUT2D eigenvalue weighted by atomic mass is 9.57. The van der Waals surface area contributed by atoms with Gasteiger partial charge in [0.15, 0.2) is 5.96 Å². The largest absolute Gasteiger partial charge is 0.377 e. The first-order valence-corrected chi connectivity index (χ1v) is 8.73. The van der Waals surface area contributed by atoms with E-state index < -0.39 is 0 Å².